The lowest BCUT2D eigenvalue weighted by Crippen LogP contribution is -2.14. The summed E-state index contributed by atoms with van der Waals surface area (Å²) in [5.41, 5.74) is 0. The molecule has 17 heavy (non-hydrogen) atoms. The number of ether oxygens (including phenoxy) is 1. The van der Waals surface area contributed by atoms with Crippen molar-refractivity contribution in [1.29, 1.82) is 0 Å². The largest absolute Gasteiger partial charge is 0.381 e. The van der Waals surface area contributed by atoms with E-state index in [1.54, 1.807) is 0 Å². The third-order valence-electron chi connectivity index (χ3n) is 3.69. The van der Waals surface area contributed by atoms with Crippen LogP contribution in [0.3, 0.4) is 0 Å². The molecule has 3 rings (SSSR count). The summed E-state index contributed by atoms with van der Waals surface area (Å²) < 4.78 is 10.7. The van der Waals surface area contributed by atoms with Gasteiger partial charge >= 0.3 is 0 Å². The highest BCUT2D eigenvalue weighted by Crippen LogP contribution is 2.25. The van der Waals surface area contributed by atoms with Gasteiger partial charge in [-0.05, 0) is 38.3 Å². The summed E-state index contributed by atoms with van der Waals surface area (Å²) in [5.74, 6) is 2.77. The van der Waals surface area contributed by atoms with Crippen LogP contribution in [0.4, 0.5) is 0 Å². The van der Waals surface area contributed by atoms with Crippen LogP contribution >= 0.6 is 0 Å². The molecule has 0 aromatic carbocycles. The van der Waals surface area contributed by atoms with Crippen molar-refractivity contribution in [3.8, 4) is 0 Å². The van der Waals surface area contributed by atoms with E-state index in [0.29, 0.717) is 11.8 Å². The van der Waals surface area contributed by atoms with Crippen LogP contribution < -0.4 is 5.32 Å². The van der Waals surface area contributed by atoms with Gasteiger partial charge in [-0.15, -0.1) is 0 Å². The first-order chi connectivity index (χ1) is 8.42. The molecule has 3 heterocycles. The molecule has 5 heteroatoms. The molecule has 1 N–H and O–H groups in total. The van der Waals surface area contributed by atoms with Crippen LogP contribution in [0.25, 0.3) is 0 Å². The molecule has 0 aliphatic carbocycles. The Labute approximate surface area is 101 Å². The molecule has 0 amide bonds. The maximum atomic E-state index is 5.38. The molecule has 1 unspecified atom stereocenters. The van der Waals surface area contributed by atoms with Crippen molar-refractivity contribution in [2.24, 2.45) is 5.92 Å². The Morgan fingerprint density at radius 1 is 1.24 bits per heavy atom. The molecule has 2 fully saturated rings. The van der Waals surface area contributed by atoms with E-state index in [1.807, 2.05) is 0 Å². The fourth-order valence-corrected chi connectivity index (χ4v) is 2.61. The van der Waals surface area contributed by atoms with Gasteiger partial charge in [-0.2, -0.15) is 4.98 Å². The summed E-state index contributed by atoms with van der Waals surface area (Å²) in [6.45, 7) is 3.83. The Balaban J connectivity index is 1.60. The maximum absolute atomic E-state index is 5.38. The first-order valence-corrected chi connectivity index (χ1v) is 6.53. The molecule has 1 aromatic heterocycles. The number of nitrogens with zero attached hydrogens (tertiary/aromatic N) is 2. The number of hydrogen-bond acceptors (Lipinski definition) is 5. The quantitative estimate of drug-likeness (QED) is 0.853. The average Bonchev–Trinajstić information content (AvgIpc) is 3.02. The summed E-state index contributed by atoms with van der Waals surface area (Å²) >= 11 is 0. The van der Waals surface area contributed by atoms with Gasteiger partial charge in [-0.25, -0.2) is 0 Å². The maximum Gasteiger partial charge on any atom is 0.229 e. The molecule has 0 spiro atoms. The van der Waals surface area contributed by atoms with Crippen LogP contribution in [-0.2, 0) is 11.2 Å². The molecule has 0 bridgehead atoms. The summed E-state index contributed by atoms with van der Waals surface area (Å²) in [6, 6.07) is 0. The van der Waals surface area contributed by atoms with Crippen LogP contribution in [0.5, 0.6) is 0 Å². The fraction of sp³-hybridized carbons (Fsp3) is 0.833. The highest BCUT2D eigenvalue weighted by molar-refractivity contribution is 4.96. The molecule has 0 radical (unpaired) electrons. The van der Waals surface area contributed by atoms with Crippen molar-refractivity contribution in [1.82, 2.24) is 15.5 Å². The van der Waals surface area contributed by atoms with E-state index in [2.05, 4.69) is 15.5 Å². The molecule has 2 aliphatic heterocycles. The minimum absolute atomic E-state index is 0.409. The van der Waals surface area contributed by atoms with Crippen molar-refractivity contribution in [3.63, 3.8) is 0 Å². The number of nitrogens with one attached hydrogen (secondary N) is 1. The second-order valence-electron chi connectivity index (χ2n) is 5.00. The summed E-state index contributed by atoms with van der Waals surface area (Å²) in [5, 5.41) is 7.46. The van der Waals surface area contributed by atoms with Gasteiger partial charge in [0.05, 0.1) is 0 Å². The van der Waals surface area contributed by atoms with Gasteiger partial charge in [0, 0.05) is 25.6 Å². The van der Waals surface area contributed by atoms with Crippen molar-refractivity contribution < 1.29 is 9.26 Å². The average molecular weight is 237 g/mol. The van der Waals surface area contributed by atoms with Gasteiger partial charge in [0.25, 0.3) is 0 Å². The predicted molar refractivity (Wildman–Crippen MR) is 61.8 cm³/mol. The van der Waals surface area contributed by atoms with Crippen LogP contribution in [0, 0.1) is 5.92 Å². The minimum atomic E-state index is 0.409. The summed E-state index contributed by atoms with van der Waals surface area (Å²) in [6.07, 6.45) is 4.18. The highest BCUT2D eigenvalue weighted by Gasteiger charge is 2.23. The van der Waals surface area contributed by atoms with Crippen LogP contribution in [-0.4, -0.2) is 36.4 Å². The van der Waals surface area contributed by atoms with E-state index in [9.17, 15) is 0 Å². The Morgan fingerprint density at radius 2 is 2.12 bits per heavy atom. The van der Waals surface area contributed by atoms with E-state index in [1.165, 1.54) is 6.42 Å². The van der Waals surface area contributed by atoms with Crippen LogP contribution in [0.1, 0.15) is 36.9 Å². The van der Waals surface area contributed by atoms with E-state index < -0.39 is 0 Å². The first kappa shape index (κ1) is 11.2. The second-order valence-corrected chi connectivity index (χ2v) is 5.00. The molecule has 0 saturated carbocycles. The Morgan fingerprint density at radius 3 is 2.88 bits per heavy atom. The predicted octanol–water partition coefficient (Wildman–Crippen LogP) is 1.12. The lowest BCUT2D eigenvalue weighted by molar-refractivity contribution is 0.0778. The Hall–Kier alpha value is -0.940. The first-order valence-electron chi connectivity index (χ1n) is 6.53. The third-order valence-corrected chi connectivity index (χ3v) is 3.69. The fourth-order valence-electron chi connectivity index (χ4n) is 2.61. The zero-order valence-electron chi connectivity index (χ0n) is 10.0. The SMILES string of the molecule is C1CC(Cc2noc(C3CCOCC3)n2)CN1. The van der Waals surface area contributed by atoms with E-state index in [-0.39, 0.29) is 0 Å². The zero-order chi connectivity index (χ0) is 11.5. The number of aromatic nitrogens is 2. The van der Waals surface area contributed by atoms with E-state index in [0.717, 1.165) is 57.3 Å². The van der Waals surface area contributed by atoms with Gasteiger partial charge in [0.1, 0.15) is 0 Å². The molecular weight excluding hydrogens is 218 g/mol. The van der Waals surface area contributed by atoms with Crippen molar-refractivity contribution >= 4 is 0 Å². The molecule has 2 aliphatic rings. The molecule has 94 valence electrons. The second kappa shape index (κ2) is 5.14. The molecule has 1 aromatic rings. The number of rotatable bonds is 3. The van der Waals surface area contributed by atoms with E-state index in [4.69, 9.17) is 9.26 Å². The van der Waals surface area contributed by atoms with Gasteiger partial charge in [0.2, 0.25) is 5.89 Å². The lowest BCUT2D eigenvalue weighted by atomic mass is 10.0. The normalized spacial score (nSPS) is 26.5. The summed E-state index contributed by atoms with van der Waals surface area (Å²) in [7, 11) is 0. The Bertz CT molecular complexity index is 354. The number of hydrogen-bond donors (Lipinski definition) is 1. The van der Waals surface area contributed by atoms with Gasteiger partial charge < -0.3 is 14.6 Å². The molecule has 1 atom stereocenters. The highest BCUT2D eigenvalue weighted by atomic mass is 16.5. The van der Waals surface area contributed by atoms with Crippen molar-refractivity contribution in [2.45, 2.75) is 31.6 Å². The molecule has 2 saturated heterocycles. The minimum Gasteiger partial charge on any atom is -0.381 e. The van der Waals surface area contributed by atoms with Gasteiger partial charge in [-0.3, -0.25) is 0 Å². The van der Waals surface area contributed by atoms with Crippen LogP contribution in [0.2, 0.25) is 0 Å². The summed E-state index contributed by atoms with van der Waals surface area (Å²) in [4.78, 5) is 4.54. The lowest BCUT2D eigenvalue weighted by Gasteiger charge is -2.17. The topological polar surface area (TPSA) is 60.2 Å². The van der Waals surface area contributed by atoms with E-state index >= 15 is 0 Å². The standard InChI is InChI=1S/C12H19N3O2/c1-4-13-8-9(1)7-11-14-12(17-15-11)10-2-5-16-6-3-10/h9-10,13H,1-8H2. The van der Waals surface area contributed by atoms with Gasteiger partial charge in [0.15, 0.2) is 5.82 Å². The smallest absolute Gasteiger partial charge is 0.229 e. The monoisotopic (exact) mass is 237 g/mol. The third kappa shape index (κ3) is 2.66. The zero-order valence-corrected chi connectivity index (χ0v) is 10.0. The Kier molecular flexibility index (Phi) is 3.38. The molecular formula is C12H19N3O2. The van der Waals surface area contributed by atoms with Gasteiger partial charge in [-0.1, -0.05) is 5.16 Å². The van der Waals surface area contributed by atoms with Crippen LogP contribution in [0.15, 0.2) is 4.52 Å². The van der Waals surface area contributed by atoms with Crippen molar-refractivity contribution in [3.05, 3.63) is 11.7 Å². The van der Waals surface area contributed by atoms with Crippen molar-refractivity contribution in [2.75, 3.05) is 26.3 Å². The molecule has 5 nitrogen and oxygen atoms in total.